The molecule has 0 saturated heterocycles. The molecule has 2 N–H and O–H groups in total. The molecule has 6 heteroatoms. The van der Waals surface area contributed by atoms with E-state index in [1.54, 1.807) is 0 Å². The van der Waals surface area contributed by atoms with Crippen LogP contribution in [0.4, 0.5) is 4.39 Å². The minimum absolute atomic E-state index is 0.00860. The SMILES string of the molecule is O=c1[nH]c(C2CC2)nc2c1CN(Cc1c(-c3ccc(F)cc3)[nH]c3ccccc13)CC2. The standard InChI is InChI=1S/C25H23FN4O/c26-17-9-7-15(8-10-17)23-19(18-3-1-2-4-21(18)27-23)13-30-12-11-22-20(14-30)25(31)29-24(28-22)16-5-6-16/h1-4,7-10,16,27H,5-6,11-14H2,(H,28,29,31). The minimum Gasteiger partial charge on any atom is -0.354 e. The van der Waals surface area contributed by atoms with E-state index in [1.807, 2.05) is 24.3 Å². The second-order valence-electron chi connectivity index (χ2n) is 8.64. The van der Waals surface area contributed by atoms with Crippen LogP contribution in [-0.2, 0) is 19.5 Å². The van der Waals surface area contributed by atoms with Crippen LogP contribution in [0.1, 0.15) is 41.4 Å². The number of H-pyrrole nitrogens is 2. The van der Waals surface area contributed by atoms with E-state index in [1.165, 1.54) is 17.7 Å². The Bertz CT molecular complexity index is 1330. The molecule has 0 bridgehead atoms. The fourth-order valence-corrected chi connectivity index (χ4v) is 4.64. The van der Waals surface area contributed by atoms with Crippen LogP contribution in [0.3, 0.4) is 0 Å². The molecule has 1 aliphatic heterocycles. The van der Waals surface area contributed by atoms with Crippen molar-refractivity contribution in [1.29, 1.82) is 0 Å². The van der Waals surface area contributed by atoms with Crippen molar-refractivity contribution in [3.63, 3.8) is 0 Å². The Morgan fingerprint density at radius 2 is 1.87 bits per heavy atom. The molecule has 3 heterocycles. The molecule has 2 aromatic carbocycles. The van der Waals surface area contributed by atoms with Crippen LogP contribution < -0.4 is 5.56 Å². The Hall–Kier alpha value is -3.25. The first-order valence-corrected chi connectivity index (χ1v) is 10.9. The van der Waals surface area contributed by atoms with E-state index in [0.29, 0.717) is 19.0 Å². The summed E-state index contributed by atoms with van der Waals surface area (Å²) in [5.74, 6) is 1.07. The van der Waals surface area contributed by atoms with Crippen molar-refractivity contribution in [3.05, 3.63) is 87.3 Å². The third-order valence-electron chi connectivity index (χ3n) is 6.46. The van der Waals surface area contributed by atoms with Gasteiger partial charge in [0.2, 0.25) is 0 Å². The van der Waals surface area contributed by atoms with Gasteiger partial charge in [-0.2, -0.15) is 0 Å². The number of aromatic nitrogens is 3. The zero-order valence-electron chi connectivity index (χ0n) is 17.1. The quantitative estimate of drug-likeness (QED) is 0.517. The highest BCUT2D eigenvalue weighted by atomic mass is 19.1. The van der Waals surface area contributed by atoms with Gasteiger partial charge < -0.3 is 9.97 Å². The van der Waals surface area contributed by atoms with Gasteiger partial charge in [0.25, 0.3) is 5.56 Å². The first kappa shape index (κ1) is 18.5. The first-order valence-electron chi connectivity index (χ1n) is 10.9. The fraction of sp³-hybridized carbons (Fsp3) is 0.280. The van der Waals surface area contributed by atoms with Crippen LogP contribution >= 0.6 is 0 Å². The van der Waals surface area contributed by atoms with Crippen LogP contribution in [0.15, 0.2) is 53.3 Å². The zero-order valence-corrected chi connectivity index (χ0v) is 17.1. The number of nitrogens with one attached hydrogen (secondary N) is 2. The van der Waals surface area contributed by atoms with E-state index in [9.17, 15) is 9.18 Å². The van der Waals surface area contributed by atoms with Crippen molar-refractivity contribution < 1.29 is 4.39 Å². The molecule has 6 rings (SSSR count). The van der Waals surface area contributed by atoms with Crippen LogP contribution in [-0.4, -0.2) is 26.4 Å². The molecule has 1 aliphatic carbocycles. The monoisotopic (exact) mass is 414 g/mol. The number of para-hydroxylation sites is 1. The summed E-state index contributed by atoms with van der Waals surface area (Å²) in [5.41, 5.74) is 5.95. The van der Waals surface area contributed by atoms with Gasteiger partial charge in [0.1, 0.15) is 11.6 Å². The van der Waals surface area contributed by atoms with E-state index in [4.69, 9.17) is 4.98 Å². The maximum atomic E-state index is 13.5. The van der Waals surface area contributed by atoms with E-state index in [0.717, 1.165) is 65.0 Å². The normalized spacial score (nSPS) is 16.5. The third-order valence-corrected chi connectivity index (χ3v) is 6.46. The number of aromatic amines is 2. The van der Waals surface area contributed by atoms with Gasteiger partial charge in [-0.1, -0.05) is 18.2 Å². The molecule has 1 saturated carbocycles. The molecule has 0 spiro atoms. The summed E-state index contributed by atoms with van der Waals surface area (Å²) in [5, 5.41) is 1.16. The van der Waals surface area contributed by atoms with Gasteiger partial charge >= 0.3 is 0 Å². The highest BCUT2D eigenvalue weighted by Crippen LogP contribution is 2.38. The number of halogens is 1. The van der Waals surface area contributed by atoms with Crippen molar-refractivity contribution in [2.75, 3.05) is 6.54 Å². The van der Waals surface area contributed by atoms with Gasteiger partial charge in [-0.25, -0.2) is 9.37 Å². The van der Waals surface area contributed by atoms with Crippen molar-refractivity contribution in [3.8, 4) is 11.3 Å². The summed E-state index contributed by atoms with van der Waals surface area (Å²) in [6.45, 7) is 2.15. The summed E-state index contributed by atoms with van der Waals surface area (Å²) in [6, 6.07) is 14.8. The molecular weight excluding hydrogens is 391 g/mol. The molecule has 1 fully saturated rings. The zero-order chi connectivity index (χ0) is 20.9. The van der Waals surface area contributed by atoms with Crippen molar-refractivity contribution in [2.45, 2.75) is 38.3 Å². The largest absolute Gasteiger partial charge is 0.354 e. The van der Waals surface area contributed by atoms with E-state index < -0.39 is 0 Å². The lowest BCUT2D eigenvalue weighted by Crippen LogP contribution is -2.35. The van der Waals surface area contributed by atoms with Crippen molar-refractivity contribution >= 4 is 10.9 Å². The predicted molar refractivity (Wildman–Crippen MR) is 118 cm³/mol. The van der Waals surface area contributed by atoms with Gasteiger partial charge in [0.05, 0.1) is 17.0 Å². The predicted octanol–water partition coefficient (Wildman–Crippen LogP) is 4.49. The van der Waals surface area contributed by atoms with Crippen molar-refractivity contribution in [2.24, 2.45) is 0 Å². The van der Waals surface area contributed by atoms with E-state index in [2.05, 4.69) is 27.0 Å². The minimum atomic E-state index is -0.244. The van der Waals surface area contributed by atoms with Gasteiger partial charge in [0, 0.05) is 42.9 Å². The maximum Gasteiger partial charge on any atom is 0.255 e. The number of fused-ring (bicyclic) bond motifs is 2. The van der Waals surface area contributed by atoms with Gasteiger partial charge in [-0.3, -0.25) is 9.69 Å². The van der Waals surface area contributed by atoms with Crippen LogP contribution in [0, 0.1) is 5.82 Å². The smallest absolute Gasteiger partial charge is 0.255 e. The van der Waals surface area contributed by atoms with Crippen LogP contribution in [0.2, 0.25) is 0 Å². The topological polar surface area (TPSA) is 64.8 Å². The molecule has 0 atom stereocenters. The summed E-state index contributed by atoms with van der Waals surface area (Å²) in [6.07, 6.45) is 3.04. The van der Waals surface area contributed by atoms with E-state index >= 15 is 0 Å². The summed E-state index contributed by atoms with van der Waals surface area (Å²) < 4.78 is 13.5. The number of nitrogens with zero attached hydrogens (tertiary/aromatic N) is 2. The molecule has 5 nitrogen and oxygen atoms in total. The lowest BCUT2D eigenvalue weighted by atomic mass is 10.0. The maximum absolute atomic E-state index is 13.5. The second-order valence-corrected chi connectivity index (χ2v) is 8.64. The van der Waals surface area contributed by atoms with Gasteiger partial charge in [-0.05, 0) is 54.3 Å². The average Bonchev–Trinajstić information content (AvgIpc) is 3.58. The molecule has 0 radical (unpaired) electrons. The highest BCUT2D eigenvalue weighted by Gasteiger charge is 2.29. The Balaban J connectivity index is 1.35. The van der Waals surface area contributed by atoms with Crippen LogP contribution in [0.5, 0.6) is 0 Å². The Labute approximate surface area is 179 Å². The molecule has 2 aliphatic rings. The van der Waals surface area contributed by atoms with Gasteiger partial charge in [0.15, 0.2) is 0 Å². The molecular formula is C25H23FN4O. The summed E-state index contributed by atoms with van der Waals surface area (Å²) in [4.78, 5) is 26.3. The lowest BCUT2D eigenvalue weighted by molar-refractivity contribution is 0.242. The molecule has 0 amide bonds. The molecule has 4 aromatic rings. The number of rotatable bonds is 4. The fourth-order valence-electron chi connectivity index (χ4n) is 4.64. The molecule has 2 aromatic heterocycles. The first-order chi connectivity index (χ1) is 15.2. The molecule has 156 valence electrons. The number of hydrogen-bond donors (Lipinski definition) is 2. The van der Waals surface area contributed by atoms with Gasteiger partial charge in [-0.15, -0.1) is 0 Å². The lowest BCUT2D eigenvalue weighted by Gasteiger charge is -2.28. The Kier molecular flexibility index (Phi) is 4.28. The Morgan fingerprint density at radius 3 is 2.68 bits per heavy atom. The molecule has 0 unspecified atom stereocenters. The summed E-state index contributed by atoms with van der Waals surface area (Å²) >= 11 is 0. The molecule has 31 heavy (non-hydrogen) atoms. The van der Waals surface area contributed by atoms with Crippen molar-refractivity contribution in [1.82, 2.24) is 19.9 Å². The van der Waals surface area contributed by atoms with E-state index in [-0.39, 0.29) is 11.4 Å². The second kappa shape index (κ2) is 7.17. The number of benzene rings is 2. The Morgan fingerprint density at radius 1 is 1.06 bits per heavy atom. The average molecular weight is 414 g/mol. The highest BCUT2D eigenvalue weighted by molar-refractivity contribution is 5.90. The third kappa shape index (κ3) is 3.37. The number of hydrogen-bond acceptors (Lipinski definition) is 3. The van der Waals surface area contributed by atoms with Crippen LogP contribution in [0.25, 0.3) is 22.2 Å². The summed E-state index contributed by atoms with van der Waals surface area (Å²) in [7, 11) is 0.